The van der Waals surface area contributed by atoms with Crippen molar-refractivity contribution in [3.05, 3.63) is 85.2 Å². The summed E-state index contributed by atoms with van der Waals surface area (Å²) in [5, 5.41) is 7.07. The fourth-order valence-corrected chi connectivity index (χ4v) is 9.28. The van der Waals surface area contributed by atoms with Crippen LogP contribution in [0.2, 0.25) is 0 Å². The lowest BCUT2D eigenvalue weighted by atomic mass is 9.80. The van der Waals surface area contributed by atoms with Crippen molar-refractivity contribution in [3.8, 4) is 22.5 Å². The Kier molecular flexibility index (Phi) is 28.8. The number of pyridine rings is 1. The predicted molar refractivity (Wildman–Crippen MR) is 296 cm³/mol. The van der Waals surface area contributed by atoms with E-state index in [-0.39, 0.29) is 40.9 Å². The number of morpholine rings is 1. The number of carbonyl (C=O) groups is 4. The minimum atomic E-state index is -4.47. The number of hydrogen-bond donors (Lipinski definition) is 5. The second-order valence-electron chi connectivity index (χ2n) is 20.0. The normalized spacial score (nSPS) is 15.8. The maximum Gasteiger partial charge on any atom is 0.406 e. The average Bonchev–Trinajstić information content (AvgIpc) is 3.98. The molecule has 1 aromatic carbocycles. The number of benzene rings is 1. The Hall–Kier alpha value is -5.57. The molecule has 4 atom stereocenters. The molecule has 7 N–H and O–H groups in total. The van der Waals surface area contributed by atoms with Gasteiger partial charge >= 0.3 is 6.18 Å². The highest BCUT2D eigenvalue weighted by Gasteiger charge is 2.38. The van der Waals surface area contributed by atoms with E-state index in [4.69, 9.17) is 30.3 Å². The number of fused-ring (bicyclic) bond motifs is 1. The lowest BCUT2D eigenvalue weighted by molar-refractivity contribution is -0.148. The number of halogens is 3. The molecule has 1 aliphatic rings. The Bertz CT molecular complexity index is 2420. The molecule has 0 bridgehead atoms. The number of primary amides is 1. The van der Waals surface area contributed by atoms with Gasteiger partial charge in [0.25, 0.3) is 0 Å². The standard InChI is InChI=1S/C37H48F3N5O3.C17H32N4O3.C2H6.CH2O/c1-7-8-16-36(4,5)21-29-28-20-26(30-22-48-33(44-30)19-24(2)32(46)13-9-10-18-43-41)14-15-31(28)45(23-37(38,39)40)35(29)27-12-11-17-42-34(27)25(3)47-6;1-5-14(22)21-10-11-24-17(12-21,6-8-19-4)7-9-20-15(13(2)3)16(18)23;2*1-2/h7,11-12,14-15,17,20,22,24-25,43H,1,8-10,13,16,18-19,21,23,41H2,2-6H3;5,13,15,19-20H,1,6-12H2,2-4H3,(H2,18,23);1-2H3;1H2. The molecule has 0 radical (unpaired) electrons. The number of methoxy groups -OCH3 is 1. The molecular formula is C57H88F3N9O7. The van der Waals surface area contributed by atoms with Gasteiger partial charge in [0.1, 0.15) is 31.1 Å². The molecular weight excluding hydrogens is 980 g/mol. The van der Waals surface area contributed by atoms with E-state index in [1.54, 1.807) is 42.7 Å². The molecule has 1 saturated heterocycles. The van der Waals surface area contributed by atoms with Crippen LogP contribution in [-0.4, -0.2) is 115 Å². The number of alkyl halides is 3. The van der Waals surface area contributed by atoms with E-state index in [2.05, 4.69) is 53.0 Å². The number of nitrogens with two attached hydrogens (primary N) is 2. The first-order chi connectivity index (χ1) is 36.1. The van der Waals surface area contributed by atoms with Gasteiger partial charge < -0.3 is 44.5 Å². The summed E-state index contributed by atoms with van der Waals surface area (Å²) in [6, 6.07) is 8.61. The van der Waals surface area contributed by atoms with Gasteiger partial charge in [-0.05, 0) is 119 Å². The molecule has 1 aliphatic heterocycles. The van der Waals surface area contributed by atoms with Crippen LogP contribution in [0.3, 0.4) is 0 Å². The van der Waals surface area contributed by atoms with Crippen molar-refractivity contribution in [2.24, 2.45) is 28.8 Å². The van der Waals surface area contributed by atoms with E-state index in [0.29, 0.717) is 103 Å². The van der Waals surface area contributed by atoms with Gasteiger partial charge in [-0.1, -0.05) is 67.2 Å². The molecule has 424 valence electrons. The van der Waals surface area contributed by atoms with Gasteiger partial charge in [-0.25, -0.2) is 4.98 Å². The second kappa shape index (κ2) is 32.9. The molecule has 0 saturated carbocycles. The molecule has 1 fully saturated rings. The van der Waals surface area contributed by atoms with Crippen LogP contribution in [-0.2, 0) is 48.0 Å². The van der Waals surface area contributed by atoms with Crippen molar-refractivity contribution in [2.75, 3.05) is 53.5 Å². The number of oxazole rings is 1. The summed E-state index contributed by atoms with van der Waals surface area (Å²) in [7, 11) is 3.45. The first kappa shape index (κ1) is 66.5. The number of nitrogens with one attached hydrogen (secondary N) is 3. The number of amides is 2. The summed E-state index contributed by atoms with van der Waals surface area (Å²) >= 11 is 0. The number of hydrogen-bond acceptors (Lipinski definition) is 13. The Morgan fingerprint density at radius 1 is 1.03 bits per heavy atom. The van der Waals surface area contributed by atoms with E-state index in [0.717, 1.165) is 44.2 Å². The maximum absolute atomic E-state index is 14.3. The quantitative estimate of drug-likeness (QED) is 0.0118. The Balaban J connectivity index is 0.000000593. The highest BCUT2D eigenvalue weighted by Crippen LogP contribution is 2.43. The van der Waals surface area contributed by atoms with Gasteiger partial charge in [-0.2, -0.15) is 13.2 Å². The summed E-state index contributed by atoms with van der Waals surface area (Å²) in [6.07, 6.45) is 7.43. The summed E-state index contributed by atoms with van der Waals surface area (Å²) in [6.45, 7) is 27.8. The molecule has 2 amide bonds. The van der Waals surface area contributed by atoms with E-state index < -0.39 is 24.4 Å². The zero-order valence-electron chi connectivity index (χ0n) is 46.9. The number of aromatic nitrogens is 3. The molecule has 4 aromatic rings. The molecule has 16 nitrogen and oxygen atoms in total. The molecule has 4 heterocycles. The molecule has 4 unspecified atom stereocenters. The van der Waals surface area contributed by atoms with Gasteiger partial charge in [-0.3, -0.25) is 30.6 Å². The highest BCUT2D eigenvalue weighted by atomic mass is 19.4. The molecule has 3 aromatic heterocycles. The number of Topliss-reactive ketones (excluding diaryl/α,β-unsaturated/α-hetero) is 1. The lowest BCUT2D eigenvalue weighted by Crippen LogP contribution is -2.56. The van der Waals surface area contributed by atoms with E-state index in [1.165, 1.54) is 10.6 Å². The third kappa shape index (κ3) is 20.1. The van der Waals surface area contributed by atoms with Crippen molar-refractivity contribution < 1.29 is 46.2 Å². The number of carbonyl (C=O) groups excluding carboxylic acids is 4. The Morgan fingerprint density at radius 2 is 1.72 bits per heavy atom. The third-order valence-electron chi connectivity index (χ3n) is 13.4. The fourth-order valence-electron chi connectivity index (χ4n) is 9.28. The smallest absolute Gasteiger partial charge is 0.406 e. The van der Waals surface area contributed by atoms with Gasteiger partial charge in [0.15, 0.2) is 5.89 Å². The third-order valence-corrected chi connectivity index (χ3v) is 13.4. The van der Waals surface area contributed by atoms with Crippen molar-refractivity contribution in [1.82, 2.24) is 35.5 Å². The maximum atomic E-state index is 14.3. The first-order valence-electron chi connectivity index (χ1n) is 26.4. The Morgan fingerprint density at radius 3 is 2.33 bits per heavy atom. The predicted octanol–water partition coefficient (Wildman–Crippen LogP) is 9.25. The van der Waals surface area contributed by atoms with E-state index in [1.807, 2.05) is 73.6 Å². The SMILES string of the molecule is C=CC(=O)N1CCOC(CCNC)(CCNC(C(N)=O)C(C)C)C1.C=CCCC(C)(C)Cc1c(-c2cccnc2C(C)OC)n(CC(F)(F)F)c2ccc(-c3coc(CC(C)C(=O)CCCCNN)n3)cc12.C=O.CC. The van der Waals surface area contributed by atoms with Gasteiger partial charge in [0, 0.05) is 67.2 Å². The molecule has 5 rings (SSSR count). The number of hydrazine groups is 1. The summed E-state index contributed by atoms with van der Waals surface area (Å²) < 4.78 is 61.7. The molecule has 0 aliphatic carbocycles. The van der Waals surface area contributed by atoms with Gasteiger partial charge in [-0.15, -0.1) is 6.58 Å². The first-order valence-corrected chi connectivity index (χ1v) is 26.4. The topological polar surface area (TPSA) is 222 Å². The van der Waals surface area contributed by atoms with Gasteiger partial charge in [0.05, 0.1) is 42.3 Å². The summed E-state index contributed by atoms with van der Waals surface area (Å²) in [5.41, 5.74) is 11.5. The number of unbranched alkanes of at least 4 members (excludes halogenated alkanes) is 1. The summed E-state index contributed by atoms with van der Waals surface area (Å²) in [5.74, 6) is 5.32. The van der Waals surface area contributed by atoms with Crippen LogP contribution in [0.4, 0.5) is 13.2 Å². The van der Waals surface area contributed by atoms with Crippen LogP contribution in [0.25, 0.3) is 33.4 Å². The fraction of sp³-hybridized carbons (Fsp3) is 0.579. The molecule has 0 spiro atoms. The van der Waals surface area contributed by atoms with Crippen molar-refractivity contribution in [2.45, 2.75) is 144 Å². The zero-order valence-corrected chi connectivity index (χ0v) is 46.9. The van der Waals surface area contributed by atoms with E-state index in [9.17, 15) is 27.6 Å². The minimum Gasteiger partial charge on any atom is -0.448 e. The Labute approximate surface area is 449 Å². The van der Waals surface area contributed by atoms with Crippen LogP contribution in [0.1, 0.15) is 124 Å². The van der Waals surface area contributed by atoms with E-state index >= 15 is 0 Å². The monoisotopic (exact) mass is 1070 g/mol. The average molecular weight is 1070 g/mol. The molecule has 76 heavy (non-hydrogen) atoms. The van der Waals surface area contributed by atoms with Gasteiger partial charge in [0.2, 0.25) is 11.8 Å². The minimum absolute atomic E-state index is 0.0720. The zero-order chi connectivity index (χ0) is 57.2. The van der Waals surface area contributed by atoms with Crippen LogP contribution >= 0.6 is 0 Å². The number of allylic oxidation sites excluding steroid dienone is 1. The van der Waals surface area contributed by atoms with Crippen molar-refractivity contribution >= 4 is 35.3 Å². The summed E-state index contributed by atoms with van der Waals surface area (Å²) in [4.78, 5) is 55.2. The number of ether oxygens (including phenoxy) is 2. The van der Waals surface area contributed by atoms with Crippen LogP contribution in [0.5, 0.6) is 0 Å². The highest BCUT2D eigenvalue weighted by molar-refractivity contribution is 5.95. The second-order valence-corrected chi connectivity index (χ2v) is 20.0. The lowest BCUT2D eigenvalue weighted by Gasteiger charge is -2.43. The largest absolute Gasteiger partial charge is 0.448 e. The van der Waals surface area contributed by atoms with Crippen LogP contribution in [0, 0.1) is 17.3 Å². The number of nitrogens with zero attached hydrogens (tertiary/aromatic N) is 4. The molecule has 19 heteroatoms. The van der Waals surface area contributed by atoms with Crippen molar-refractivity contribution in [1.29, 1.82) is 0 Å². The van der Waals surface area contributed by atoms with Crippen LogP contribution < -0.4 is 27.6 Å². The van der Waals surface area contributed by atoms with Crippen LogP contribution in [0.15, 0.2) is 72.5 Å². The number of rotatable bonds is 28. The number of ketones is 1. The van der Waals surface area contributed by atoms with Crippen molar-refractivity contribution in [3.63, 3.8) is 0 Å².